The minimum Gasteiger partial charge on any atom is -0.356 e. The van der Waals surface area contributed by atoms with Gasteiger partial charge in [0.1, 0.15) is 17.5 Å². The number of hydrogen-bond donors (Lipinski definition) is 0. The number of sulfonamides is 1. The van der Waals surface area contributed by atoms with Crippen LogP contribution in [0.2, 0.25) is 0 Å². The molecule has 2 aliphatic heterocycles. The van der Waals surface area contributed by atoms with Gasteiger partial charge in [-0.05, 0) is 37.5 Å². The number of aryl methyl sites for hydroxylation is 1. The van der Waals surface area contributed by atoms with Crippen molar-refractivity contribution < 1.29 is 21.6 Å². The Bertz CT molecular complexity index is 1050. The van der Waals surface area contributed by atoms with E-state index in [1.807, 2.05) is 13.0 Å². The quantitative estimate of drug-likeness (QED) is 0.671. The van der Waals surface area contributed by atoms with Crippen molar-refractivity contribution in [1.82, 2.24) is 14.3 Å². The Morgan fingerprint density at radius 1 is 0.875 bits per heavy atom. The number of hydrogen-bond acceptors (Lipinski definition) is 6. The standard InChI is InChI=1S/C21H26F3N5O2S/c1-16-25-19(27-8-2-3-9-27)14-20(26-16)28-10-12-29(13-11-28)32(30,31)15-17-4-6-18(7-5-17)21(22,23)24/h4-7,14H,2-3,8-13,15H2,1H3. The SMILES string of the molecule is Cc1nc(N2CCCC2)cc(N2CCN(S(=O)(=O)Cc3ccc(C(F)(F)F)cc3)CC2)n1. The zero-order valence-electron chi connectivity index (χ0n) is 17.8. The second-order valence-electron chi connectivity index (χ2n) is 8.16. The predicted molar refractivity (Wildman–Crippen MR) is 116 cm³/mol. The summed E-state index contributed by atoms with van der Waals surface area (Å²) in [6, 6.07) is 6.24. The first-order valence-corrected chi connectivity index (χ1v) is 12.2. The van der Waals surface area contributed by atoms with E-state index in [4.69, 9.17) is 0 Å². The van der Waals surface area contributed by atoms with E-state index in [0.29, 0.717) is 37.6 Å². The first kappa shape index (κ1) is 22.8. The smallest absolute Gasteiger partial charge is 0.356 e. The highest BCUT2D eigenvalue weighted by atomic mass is 32.2. The third-order valence-electron chi connectivity index (χ3n) is 5.83. The second kappa shape index (κ2) is 8.86. The lowest BCUT2D eigenvalue weighted by Crippen LogP contribution is -2.49. The molecule has 0 spiro atoms. The maximum atomic E-state index is 12.8. The molecule has 0 amide bonds. The van der Waals surface area contributed by atoms with Gasteiger partial charge in [-0.2, -0.15) is 17.5 Å². The maximum Gasteiger partial charge on any atom is 0.416 e. The third kappa shape index (κ3) is 5.15. The molecule has 0 N–H and O–H groups in total. The van der Waals surface area contributed by atoms with E-state index in [2.05, 4.69) is 19.8 Å². The Balaban J connectivity index is 1.40. The van der Waals surface area contributed by atoms with Gasteiger partial charge in [-0.15, -0.1) is 0 Å². The fourth-order valence-corrected chi connectivity index (χ4v) is 5.61. The van der Waals surface area contributed by atoms with Crippen molar-refractivity contribution in [1.29, 1.82) is 0 Å². The molecule has 0 bridgehead atoms. The summed E-state index contributed by atoms with van der Waals surface area (Å²) in [5, 5.41) is 0. The third-order valence-corrected chi connectivity index (χ3v) is 7.68. The van der Waals surface area contributed by atoms with Gasteiger partial charge in [-0.25, -0.2) is 18.4 Å². The first-order chi connectivity index (χ1) is 15.1. The van der Waals surface area contributed by atoms with Crippen molar-refractivity contribution in [3.05, 3.63) is 47.3 Å². The fraction of sp³-hybridized carbons (Fsp3) is 0.524. The number of benzene rings is 1. The van der Waals surface area contributed by atoms with Crippen LogP contribution in [0, 0.1) is 6.92 Å². The van der Waals surface area contributed by atoms with E-state index in [0.717, 1.165) is 49.7 Å². The molecule has 11 heteroatoms. The molecule has 0 unspecified atom stereocenters. The molecule has 0 saturated carbocycles. The number of piperazine rings is 1. The Kier molecular flexibility index (Phi) is 6.30. The summed E-state index contributed by atoms with van der Waals surface area (Å²) in [5.41, 5.74) is -0.456. The van der Waals surface area contributed by atoms with Crippen LogP contribution in [-0.2, 0) is 22.0 Å². The molecule has 2 aliphatic rings. The Morgan fingerprint density at radius 3 is 1.94 bits per heavy atom. The summed E-state index contributed by atoms with van der Waals surface area (Å²) in [4.78, 5) is 13.4. The minimum atomic E-state index is -4.44. The lowest BCUT2D eigenvalue weighted by Gasteiger charge is -2.35. The van der Waals surface area contributed by atoms with Crippen molar-refractivity contribution in [2.24, 2.45) is 0 Å². The van der Waals surface area contributed by atoms with Crippen LogP contribution in [0.4, 0.5) is 24.8 Å². The summed E-state index contributed by atoms with van der Waals surface area (Å²) in [6.07, 6.45) is -2.15. The second-order valence-corrected chi connectivity index (χ2v) is 10.1. The van der Waals surface area contributed by atoms with E-state index < -0.39 is 21.8 Å². The van der Waals surface area contributed by atoms with Gasteiger partial charge in [0.2, 0.25) is 10.0 Å². The summed E-state index contributed by atoms with van der Waals surface area (Å²) in [5.74, 6) is 2.06. The summed E-state index contributed by atoms with van der Waals surface area (Å²) in [6.45, 7) is 5.38. The zero-order valence-corrected chi connectivity index (χ0v) is 18.7. The Hall–Kier alpha value is -2.40. The van der Waals surface area contributed by atoms with E-state index in [-0.39, 0.29) is 5.75 Å². The zero-order chi connectivity index (χ0) is 22.9. The molecule has 2 saturated heterocycles. The highest BCUT2D eigenvalue weighted by Crippen LogP contribution is 2.29. The molecule has 0 radical (unpaired) electrons. The van der Waals surface area contributed by atoms with Gasteiger partial charge in [0, 0.05) is 45.3 Å². The normalized spacial score (nSPS) is 18.4. The topological polar surface area (TPSA) is 69.6 Å². The van der Waals surface area contributed by atoms with Crippen molar-refractivity contribution in [3.8, 4) is 0 Å². The van der Waals surface area contributed by atoms with Crippen LogP contribution in [0.3, 0.4) is 0 Å². The van der Waals surface area contributed by atoms with Crippen LogP contribution in [-0.4, -0.2) is 62.0 Å². The number of nitrogens with zero attached hydrogens (tertiary/aromatic N) is 5. The van der Waals surface area contributed by atoms with E-state index in [1.54, 1.807) is 0 Å². The van der Waals surface area contributed by atoms with Gasteiger partial charge in [-0.1, -0.05) is 12.1 Å². The van der Waals surface area contributed by atoms with E-state index >= 15 is 0 Å². The van der Waals surface area contributed by atoms with Crippen molar-refractivity contribution in [3.63, 3.8) is 0 Å². The van der Waals surface area contributed by atoms with Crippen LogP contribution in [0.15, 0.2) is 30.3 Å². The first-order valence-electron chi connectivity index (χ1n) is 10.6. The predicted octanol–water partition coefficient (Wildman–Crippen LogP) is 3.06. The molecule has 0 aliphatic carbocycles. The number of halogens is 3. The lowest BCUT2D eigenvalue weighted by molar-refractivity contribution is -0.137. The molecule has 2 fully saturated rings. The van der Waals surface area contributed by atoms with Gasteiger partial charge in [0.15, 0.2) is 0 Å². The summed E-state index contributed by atoms with van der Waals surface area (Å²) >= 11 is 0. The molecule has 2 aromatic rings. The fourth-order valence-electron chi connectivity index (χ4n) is 4.09. The summed E-state index contributed by atoms with van der Waals surface area (Å²) < 4.78 is 65.2. The molecule has 7 nitrogen and oxygen atoms in total. The van der Waals surface area contributed by atoms with Crippen LogP contribution >= 0.6 is 0 Å². The number of aromatic nitrogens is 2. The Morgan fingerprint density at radius 2 is 1.41 bits per heavy atom. The van der Waals surface area contributed by atoms with Crippen molar-refractivity contribution >= 4 is 21.7 Å². The molecule has 3 heterocycles. The van der Waals surface area contributed by atoms with E-state index in [9.17, 15) is 21.6 Å². The minimum absolute atomic E-state index is 0.297. The summed E-state index contributed by atoms with van der Waals surface area (Å²) in [7, 11) is -3.64. The van der Waals surface area contributed by atoms with Crippen LogP contribution < -0.4 is 9.80 Å². The van der Waals surface area contributed by atoms with Crippen LogP contribution in [0.25, 0.3) is 0 Å². The molecule has 32 heavy (non-hydrogen) atoms. The number of rotatable bonds is 5. The van der Waals surface area contributed by atoms with E-state index in [1.165, 1.54) is 16.4 Å². The number of anilines is 2. The molecular formula is C21H26F3N5O2S. The van der Waals surface area contributed by atoms with Crippen molar-refractivity contribution in [2.45, 2.75) is 31.7 Å². The van der Waals surface area contributed by atoms with Gasteiger partial charge >= 0.3 is 6.18 Å². The maximum absolute atomic E-state index is 12.8. The van der Waals surface area contributed by atoms with Crippen molar-refractivity contribution in [2.75, 3.05) is 49.1 Å². The van der Waals surface area contributed by atoms with Crippen LogP contribution in [0.5, 0.6) is 0 Å². The number of alkyl halides is 3. The molecule has 174 valence electrons. The molecule has 1 aromatic heterocycles. The average molecular weight is 470 g/mol. The monoisotopic (exact) mass is 469 g/mol. The largest absolute Gasteiger partial charge is 0.416 e. The molecule has 1 aromatic carbocycles. The molecular weight excluding hydrogens is 443 g/mol. The molecule has 4 rings (SSSR count). The van der Waals surface area contributed by atoms with Gasteiger partial charge in [0.25, 0.3) is 0 Å². The Labute approximate surface area is 185 Å². The lowest BCUT2D eigenvalue weighted by atomic mass is 10.1. The van der Waals surface area contributed by atoms with Crippen LogP contribution in [0.1, 0.15) is 29.8 Å². The average Bonchev–Trinajstić information content (AvgIpc) is 3.28. The van der Waals surface area contributed by atoms with Gasteiger partial charge in [-0.3, -0.25) is 0 Å². The molecule has 0 atom stereocenters. The van der Waals surface area contributed by atoms with Gasteiger partial charge in [0.05, 0.1) is 11.3 Å². The highest BCUT2D eigenvalue weighted by Gasteiger charge is 2.31. The highest BCUT2D eigenvalue weighted by molar-refractivity contribution is 7.88. The van der Waals surface area contributed by atoms with Gasteiger partial charge < -0.3 is 9.80 Å².